The van der Waals surface area contributed by atoms with Gasteiger partial charge in [0, 0.05) is 11.1 Å². The zero-order valence-electron chi connectivity index (χ0n) is 11.6. The van der Waals surface area contributed by atoms with E-state index in [1.807, 2.05) is 25.1 Å². The summed E-state index contributed by atoms with van der Waals surface area (Å²) in [5.41, 5.74) is 1.77. The lowest BCUT2D eigenvalue weighted by molar-refractivity contribution is 0.446. The molecule has 1 aromatic carbocycles. The molecule has 1 saturated heterocycles. The quantitative estimate of drug-likeness (QED) is 0.778. The minimum atomic E-state index is -2.89. The van der Waals surface area contributed by atoms with Gasteiger partial charge in [0.15, 0.2) is 0 Å². The van der Waals surface area contributed by atoms with Crippen molar-refractivity contribution >= 4 is 44.1 Å². The molecule has 21 heavy (non-hydrogen) atoms. The Bertz CT molecular complexity index is 770. The fourth-order valence-corrected chi connectivity index (χ4v) is 4.68. The Hall–Kier alpha value is -0.780. The van der Waals surface area contributed by atoms with Gasteiger partial charge >= 0.3 is 0 Å². The van der Waals surface area contributed by atoms with Gasteiger partial charge in [-0.2, -0.15) is 0 Å². The maximum absolute atomic E-state index is 11.6. The molecule has 0 amide bonds. The highest BCUT2D eigenvalue weighted by Crippen LogP contribution is 2.34. The van der Waals surface area contributed by atoms with Crippen LogP contribution < -0.4 is 0 Å². The van der Waals surface area contributed by atoms with Crippen molar-refractivity contribution in [1.82, 2.24) is 9.55 Å². The molecule has 0 aliphatic carbocycles. The number of benzene rings is 1. The van der Waals surface area contributed by atoms with Gasteiger partial charge < -0.3 is 4.57 Å². The predicted molar refractivity (Wildman–Crippen MR) is 85.9 cm³/mol. The van der Waals surface area contributed by atoms with Crippen LogP contribution in [0.5, 0.6) is 0 Å². The predicted octanol–water partition coefficient (Wildman–Crippen LogP) is 3.74. The van der Waals surface area contributed by atoms with Crippen LogP contribution in [0.3, 0.4) is 0 Å². The highest BCUT2D eigenvalue weighted by atomic mass is 35.5. The van der Waals surface area contributed by atoms with Crippen molar-refractivity contribution in [2.24, 2.45) is 0 Å². The van der Waals surface area contributed by atoms with E-state index in [-0.39, 0.29) is 22.9 Å². The number of nitrogens with zero attached hydrogens (tertiary/aromatic N) is 2. The molecule has 0 N–H and O–H groups in total. The van der Waals surface area contributed by atoms with Crippen molar-refractivity contribution in [3.63, 3.8) is 0 Å². The number of sulfone groups is 1. The SMILES string of the molecule is CC(Cl)c1nc2cc(Cl)ccc2n1C1CCS(=O)(=O)CC1. The number of rotatable bonds is 2. The van der Waals surface area contributed by atoms with Crippen LogP contribution in [0.1, 0.15) is 37.0 Å². The minimum Gasteiger partial charge on any atom is -0.324 e. The molecule has 3 rings (SSSR count). The second kappa shape index (κ2) is 5.45. The monoisotopic (exact) mass is 346 g/mol. The summed E-state index contributed by atoms with van der Waals surface area (Å²) in [5.74, 6) is 1.22. The van der Waals surface area contributed by atoms with E-state index in [4.69, 9.17) is 23.2 Å². The lowest BCUT2D eigenvalue weighted by Crippen LogP contribution is -2.26. The lowest BCUT2D eigenvalue weighted by atomic mass is 10.1. The molecule has 1 unspecified atom stereocenters. The van der Waals surface area contributed by atoms with Crippen LogP contribution in [0, 0.1) is 0 Å². The molecule has 7 heteroatoms. The number of aromatic nitrogens is 2. The number of hydrogen-bond donors (Lipinski definition) is 0. The topological polar surface area (TPSA) is 52.0 Å². The van der Waals surface area contributed by atoms with Crippen molar-refractivity contribution in [2.45, 2.75) is 31.2 Å². The largest absolute Gasteiger partial charge is 0.324 e. The first-order chi connectivity index (χ1) is 9.87. The van der Waals surface area contributed by atoms with Crippen LogP contribution in [0.25, 0.3) is 11.0 Å². The van der Waals surface area contributed by atoms with Gasteiger partial charge in [0.2, 0.25) is 0 Å². The summed E-state index contributed by atoms with van der Waals surface area (Å²) >= 11 is 12.3. The second-order valence-corrected chi connectivity index (χ2v) is 8.87. The molecular weight excluding hydrogens is 331 g/mol. The van der Waals surface area contributed by atoms with Crippen LogP contribution in [0.2, 0.25) is 5.02 Å². The van der Waals surface area contributed by atoms with E-state index in [0.717, 1.165) is 16.9 Å². The molecule has 114 valence electrons. The molecular formula is C14H16Cl2N2O2S. The Morgan fingerprint density at radius 2 is 2.00 bits per heavy atom. The highest BCUT2D eigenvalue weighted by Gasteiger charge is 2.28. The van der Waals surface area contributed by atoms with Crippen LogP contribution in [0.4, 0.5) is 0 Å². The molecule has 4 nitrogen and oxygen atoms in total. The fraction of sp³-hybridized carbons (Fsp3) is 0.500. The molecule has 0 saturated carbocycles. The first-order valence-electron chi connectivity index (χ1n) is 6.89. The third kappa shape index (κ3) is 2.91. The van der Waals surface area contributed by atoms with Gasteiger partial charge in [-0.25, -0.2) is 13.4 Å². The first-order valence-corrected chi connectivity index (χ1v) is 9.53. The van der Waals surface area contributed by atoms with E-state index in [9.17, 15) is 8.42 Å². The van der Waals surface area contributed by atoms with E-state index in [2.05, 4.69) is 9.55 Å². The van der Waals surface area contributed by atoms with Gasteiger partial charge in [0.05, 0.1) is 27.9 Å². The third-order valence-electron chi connectivity index (χ3n) is 3.92. The average Bonchev–Trinajstić information content (AvgIpc) is 2.77. The Morgan fingerprint density at radius 3 is 2.62 bits per heavy atom. The van der Waals surface area contributed by atoms with Crippen molar-refractivity contribution in [3.8, 4) is 0 Å². The van der Waals surface area contributed by atoms with Crippen LogP contribution in [0.15, 0.2) is 18.2 Å². The molecule has 1 aromatic heterocycles. The van der Waals surface area contributed by atoms with Crippen molar-refractivity contribution < 1.29 is 8.42 Å². The van der Waals surface area contributed by atoms with Gasteiger partial charge in [-0.15, -0.1) is 11.6 Å². The first kappa shape index (κ1) is 15.1. The van der Waals surface area contributed by atoms with Crippen molar-refractivity contribution in [1.29, 1.82) is 0 Å². The molecule has 2 aromatic rings. The van der Waals surface area contributed by atoms with Crippen LogP contribution >= 0.6 is 23.2 Å². The van der Waals surface area contributed by atoms with E-state index < -0.39 is 9.84 Å². The molecule has 1 fully saturated rings. The van der Waals surface area contributed by atoms with E-state index in [0.29, 0.717) is 17.9 Å². The summed E-state index contributed by atoms with van der Waals surface area (Å²) < 4.78 is 25.3. The van der Waals surface area contributed by atoms with Crippen LogP contribution in [-0.2, 0) is 9.84 Å². The zero-order valence-corrected chi connectivity index (χ0v) is 13.9. The van der Waals surface area contributed by atoms with Crippen molar-refractivity contribution in [3.05, 3.63) is 29.0 Å². The van der Waals surface area contributed by atoms with Gasteiger partial charge in [0.1, 0.15) is 15.7 Å². The number of fused-ring (bicyclic) bond motifs is 1. The van der Waals surface area contributed by atoms with Gasteiger partial charge in [-0.05, 0) is 38.0 Å². The number of hydrogen-bond acceptors (Lipinski definition) is 3. The molecule has 2 heterocycles. The highest BCUT2D eigenvalue weighted by molar-refractivity contribution is 7.91. The number of imidazole rings is 1. The zero-order chi connectivity index (χ0) is 15.2. The summed E-state index contributed by atoms with van der Waals surface area (Å²) in [6.07, 6.45) is 1.21. The smallest absolute Gasteiger partial charge is 0.150 e. The Morgan fingerprint density at radius 1 is 1.33 bits per heavy atom. The summed E-state index contributed by atoms with van der Waals surface area (Å²) in [5, 5.41) is 0.391. The number of alkyl halides is 1. The fourth-order valence-electron chi connectivity index (χ4n) is 2.89. The molecule has 1 aliphatic rings. The van der Waals surface area contributed by atoms with Gasteiger partial charge in [0.25, 0.3) is 0 Å². The standard InChI is InChI=1S/C14H16Cl2N2O2S/c1-9(15)14-17-12-8-10(16)2-3-13(12)18(14)11-4-6-21(19,20)7-5-11/h2-3,8-9,11H,4-7H2,1H3. The van der Waals surface area contributed by atoms with E-state index in [1.165, 1.54) is 0 Å². The van der Waals surface area contributed by atoms with Gasteiger partial charge in [-0.1, -0.05) is 11.6 Å². The maximum atomic E-state index is 11.6. The lowest BCUT2D eigenvalue weighted by Gasteiger charge is -2.26. The second-order valence-electron chi connectivity index (χ2n) is 5.47. The summed E-state index contributed by atoms with van der Waals surface area (Å²) in [4.78, 5) is 4.58. The normalized spacial score (nSPS) is 20.7. The molecule has 0 bridgehead atoms. The summed E-state index contributed by atoms with van der Waals surface area (Å²) in [6.45, 7) is 1.88. The van der Waals surface area contributed by atoms with Crippen molar-refractivity contribution in [2.75, 3.05) is 11.5 Å². The molecule has 0 radical (unpaired) electrons. The maximum Gasteiger partial charge on any atom is 0.150 e. The molecule has 1 aliphatic heterocycles. The van der Waals surface area contributed by atoms with Gasteiger partial charge in [-0.3, -0.25) is 0 Å². The summed E-state index contributed by atoms with van der Waals surface area (Å²) in [7, 11) is -2.89. The van der Waals surface area contributed by atoms with E-state index in [1.54, 1.807) is 0 Å². The van der Waals surface area contributed by atoms with E-state index >= 15 is 0 Å². The minimum absolute atomic E-state index is 0.121. The Balaban J connectivity index is 2.10. The summed E-state index contributed by atoms with van der Waals surface area (Å²) in [6, 6.07) is 5.69. The molecule has 0 spiro atoms. The Labute approximate surface area is 134 Å². The Kier molecular flexibility index (Phi) is 3.93. The number of halogens is 2. The molecule has 1 atom stereocenters. The third-order valence-corrected chi connectivity index (χ3v) is 6.07. The van der Waals surface area contributed by atoms with Crippen LogP contribution in [-0.4, -0.2) is 29.5 Å². The average molecular weight is 347 g/mol.